The second-order valence-electron chi connectivity index (χ2n) is 18.9. The highest BCUT2D eigenvalue weighted by molar-refractivity contribution is 9.10. The number of nitrogens with zero attached hydrogens (tertiary/aromatic N) is 6. The number of hydrogen-bond acceptors (Lipinski definition) is 12. The number of fused-ring (bicyclic) bond motifs is 6. The normalized spacial score (nSPS) is 17.6. The molecule has 0 saturated heterocycles. The van der Waals surface area contributed by atoms with E-state index in [0.717, 1.165) is 78.4 Å². The molecule has 3 N–H and O–H groups in total. The van der Waals surface area contributed by atoms with Crippen LogP contribution in [0, 0.1) is 0 Å². The first kappa shape index (κ1) is 55.2. The van der Waals surface area contributed by atoms with Crippen LogP contribution in [0.25, 0.3) is 0 Å². The van der Waals surface area contributed by atoms with Gasteiger partial charge in [0.15, 0.2) is 22.9 Å². The Morgan fingerprint density at radius 3 is 1.52 bits per heavy atom. The van der Waals surface area contributed by atoms with Crippen molar-refractivity contribution in [1.29, 1.82) is 0 Å². The van der Waals surface area contributed by atoms with E-state index in [-0.39, 0.29) is 29.2 Å². The molecular weight excluding hydrogens is 1140 g/mol. The maximum Gasteiger partial charge on any atom is 0.494 e. The van der Waals surface area contributed by atoms with Gasteiger partial charge in [-0.1, -0.05) is 115 Å². The van der Waals surface area contributed by atoms with Crippen LogP contribution in [0.4, 0.5) is 26.3 Å². The molecule has 0 bridgehead atoms. The van der Waals surface area contributed by atoms with Crippen LogP contribution in [0.1, 0.15) is 85.9 Å². The predicted molar refractivity (Wildman–Crippen MR) is 289 cm³/mol. The zero-order chi connectivity index (χ0) is 56.2. The van der Waals surface area contributed by atoms with Gasteiger partial charge in [-0.15, -0.1) is 23.5 Å². The van der Waals surface area contributed by atoms with Crippen LogP contribution in [0.3, 0.4) is 0 Å². The van der Waals surface area contributed by atoms with Crippen molar-refractivity contribution in [3.05, 3.63) is 215 Å². The SMILES string of the molecule is C[C@@H](N1CN([C@H]2c3ccccc3CSc3ccccc32)n2cc(B(O)O)c(=O)c(O)c2C1=O)C(F)(F)F.C[C@@H](N1CN([C@H]2c3ccccc3CSc3ccccc32)n2cc(Br)c(=O)c(OCc3ccccc3)c2C1=O)C(F)(F)F. The average Bonchev–Trinajstić information content (AvgIpc) is 3.96. The third-order valence-electron chi connectivity index (χ3n) is 14.2. The Balaban J connectivity index is 0.000000180. The Hall–Kier alpha value is -7.12. The highest BCUT2D eigenvalue weighted by Gasteiger charge is 2.50. The van der Waals surface area contributed by atoms with E-state index in [9.17, 15) is 60.7 Å². The molecule has 0 unspecified atom stereocenters. The molecule has 24 heteroatoms. The molecule has 6 heterocycles. The summed E-state index contributed by atoms with van der Waals surface area (Å²) in [5, 5.41) is 33.4. The maximum absolute atomic E-state index is 14.2. The van der Waals surface area contributed by atoms with E-state index in [4.69, 9.17) is 4.74 Å². The molecule has 2 aromatic heterocycles. The van der Waals surface area contributed by atoms with Crippen molar-refractivity contribution in [2.45, 2.75) is 78.3 Å². The van der Waals surface area contributed by atoms with Gasteiger partial charge in [0.1, 0.15) is 32.0 Å². The molecule has 0 fully saturated rings. The zero-order valence-electron chi connectivity index (χ0n) is 41.7. The van der Waals surface area contributed by atoms with E-state index in [0.29, 0.717) is 16.4 Å². The minimum atomic E-state index is -4.78. The van der Waals surface area contributed by atoms with Crippen molar-refractivity contribution >= 4 is 63.8 Å². The van der Waals surface area contributed by atoms with Gasteiger partial charge in [-0.2, -0.15) is 26.3 Å². The molecule has 0 saturated carbocycles. The third-order valence-corrected chi connectivity index (χ3v) is 17.1. The summed E-state index contributed by atoms with van der Waals surface area (Å²) in [5.74, 6) is -2.36. The number of rotatable bonds is 8. The monoisotopic (exact) mass is 1190 g/mol. The smallest absolute Gasteiger partial charge is 0.494 e. The Labute approximate surface area is 464 Å². The Morgan fingerprint density at radius 1 is 0.608 bits per heavy atom. The Bertz CT molecular complexity index is 3540. The van der Waals surface area contributed by atoms with Gasteiger partial charge in [0.2, 0.25) is 10.9 Å². The van der Waals surface area contributed by atoms with Crippen LogP contribution in [0.15, 0.2) is 164 Å². The van der Waals surface area contributed by atoms with Gasteiger partial charge in [-0.25, -0.2) is 0 Å². The molecule has 2 amide bonds. The number of carbonyl (C=O) groups excluding carboxylic acids is 2. The molecule has 408 valence electrons. The number of halogens is 7. The number of carbonyl (C=O) groups is 2. The van der Waals surface area contributed by atoms with Gasteiger partial charge < -0.3 is 29.7 Å². The molecule has 0 spiro atoms. The molecule has 79 heavy (non-hydrogen) atoms. The topological polar surface area (TPSA) is 161 Å². The summed E-state index contributed by atoms with van der Waals surface area (Å²) in [4.78, 5) is 56.4. The summed E-state index contributed by atoms with van der Waals surface area (Å²) in [5.41, 5.74) is 2.50. The van der Waals surface area contributed by atoms with E-state index >= 15 is 0 Å². The number of thioether (sulfide) groups is 2. The fraction of sp³-hybridized carbons (Fsp3) is 0.236. The summed E-state index contributed by atoms with van der Waals surface area (Å²) in [6.45, 7) is 0.800. The summed E-state index contributed by atoms with van der Waals surface area (Å²) >= 11 is 6.53. The number of pyridine rings is 2. The van der Waals surface area contributed by atoms with Crippen LogP contribution >= 0.6 is 39.5 Å². The highest BCUT2D eigenvalue weighted by atomic mass is 79.9. The predicted octanol–water partition coefficient (Wildman–Crippen LogP) is 8.82. The van der Waals surface area contributed by atoms with E-state index in [1.165, 1.54) is 15.9 Å². The van der Waals surface area contributed by atoms with Crippen molar-refractivity contribution < 1.29 is 55.8 Å². The third kappa shape index (κ3) is 10.4. The minimum absolute atomic E-state index is 0.0482. The fourth-order valence-corrected chi connectivity index (χ4v) is 12.6. The van der Waals surface area contributed by atoms with Crippen LogP contribution in [0.2, 0.25) is 0 Å². The van der Waals surface area contributed by atoms with Crippen molar-refractivity contribution in [2.24, 2.45) is 0 Å². The van der Waals surface area contributed by atoms with Gasteiger partial charge in [0.25, 0.3) is 11.8 Å². The lowest BCUT2D eigenvalue weighted by Crippen LogP contribution is -2.61. The molecule has 0 radical (unpaired) electrons. The van der Waals surface area contributed by atoms with Crippen molar-refractivity contribution in [3.8, 4) is 11.5 Å². The lowest BCUT2D eigenvalue weighted by Gasteiger charge is -2.46. The van der Waals surface area contributed by atoms with Gasteiger partial charge in [-0.3, -0.25) is 38.5 Å². The second-order valence-corrected chi connectivity index (χ2v) is 21.8. The van der Waals surface area contributed by atoms with E-state index in [1.807, 2.05) is 91.0 Å². The molecule has 4 atom stereocenters. The van der Waals surface area contributed by atoms with E-state index in [2.05, 4.69) is 15.9 Å². The quantitative estimate of drug-likeness (QED) is 0.0982. The minimum Gasteiger partial charge on any atom is -0.503 e. The van der Waals surface area contributed by atoms with Crippen molar-refractivity contribution in [3.63, 3.8) is 0 Å². The molecular formula is C55H46BBrF6N6O8S2. The molecule has 14 nitrogen and oxygen atoms in total. The zero-order valence-corrected chi connectivity index (χ0v) is 44.9. The Morgan fingerprint density at radius 2 is 1.04 bits per heavy atom. The summed E-state index contributed by atoms with van der Waals surface area (Å²) in [7, 11) is -2.29. The lowest BCUT2D eigenvalue weighted by atomic mass is 9.81. The first-order valence-electron chi connectivity index (χ1n) is 24.5. The molecule has 0 aliphatic carbocycles. The maximum atomic E-state index is 14.2. The van der Waals surface area contributed by atoms with Crippen molar-refractivity contribution in [1.82, 2.24) is 19.2 Å². The summed E-state index contributed by atoms with van der Waals surface area (Å²) in [6, 6.07) is 33.6. The van der Waals surface area contributed by atoms with Gasteiger partial charge in [0, 0.05) is 33.7 Å². The van der Waals surface area contributed by atoms with E-state index < -0.39 is 89.9 Å². The lowest BCUT2D eigenvalue weighted by molar-refractivity contribution is -0.173. The van der Waals surface area contributed by atoms with Crippen LogP contribution in [-0.2, 0) is 18.1 Å². The number of benzene rings is 5. The van der Waals surface area contributed by atoms with Crippen LogP contribution < -0.4 is 31.1 Å². The van der Waals surface area contributed by atoms with Gasteiger partial charge in [0.05, 0.1) is 22.0 Å². The average molecular weight is 1190 g/mol. The molecule has 4 aliphatic heterocycles. The first-order chi connectivity index (χ1) is 37.6. The van der Waals surface area contributed by atoms with Gasteiger partial charge in [-0.05, 0) is 80.9 Å². The first-order valence-corrected chi connectivity index (χ1v) is 27.3. The number of aromatic nitrogens is 2. The van der Waals surface area contributed by atoms with Crippen LogP contribution in [-0.4, -0.2) is 91.0 Å². The molecule has 7 aromatic rings. The second kappa shape index (κ2) is 21.8. The number of hydrogen-bond donors (Lipinski definition) is 3. The molecule has 5 aromatic carbocycles. The fourth-order valence-electron chi connectivity index (χ4n) is 10.0. The Kier molecular flexibility index (Phi) is 15.3. The summed E-state index contributed by atoms with van der Waals surface area (Å²) in [6.07, 6.45) is -7.04. The van der Waals surface area contributed by atoms with E-state index in [1.54, 1.807) is 64.9 Å². The molecule has 11 rings (SSSR count). The standard InChI is InChI=1S/C31H25BrF3N3O3S.C24H21BF3N3O5S/c1-19(31(33,34)35)36-18-38(26-22-12-6-5-11-21(22)17-42-25-14-8-7-13-23(25)26)37-15-24(32)28(39)29(27(37)30(36)40)41-16-20-9-3-2-4-10-20;1-13(24(26,27)28)29-12-31(30-10-17(25(35)36)21(32)22(33)20(30)23(29)34)19-15-7-3-2-6-14(15)11-37-18-9-5-4-8-16(18)19/h2-15,19,26H,16-18H2,1H3;2-10,13,19,33,35-36H,11-12H2,1H3/t19-,26+;13-,19+/m11/s1. The highest BCUT2D eigenvalue weighted by Crippen LogP contribution is 2.46. The van der Waals surface area contributed by atoms with Gasteiger partial charge >= 0.3 is 19.5 Å². The van der Waals surface area contributed by atoms with Crippen molar-refractivity contribution in [2.75, 3.05) is 23.4 Å². The molecule has 4 aliphatic rings. The number of ether oxygens (including phenoxy) is 1. The number of alkyl halides is 6. The number of aromatic hydroxyl groups is 1. The van der Waals surface area contributed by atoms with Crippen LogP contribution in [0.5, 0.6) is 11.5 Å². The largest absolute Gasteiger partial charge is 0.503 e. The number of amides is 2. The summed E-state index contributed by atoms with van der Waals surface area (Å²) < 4.78 is 92.7.